The molecule has 0 radical (unpaired) electrons. The van der Waals surface area contributed by atoms with Gasteiger partial charge in [-0.25, -0.2) is 4.98 Å². The second kappa shape index (κ2) is 9.22. The van der Waals surface area contributed by atoms with Crippen molar-refractivity contribution in [1.29, 1.82) is 0 Å². The molecule has 3 aromatic rings. The summed E-state index contributed by atoms with van der Waals surface area (Å²) in [6.45, 7) is 2.92. The van der Waals surface area contributed by atoms with Gasteiger partial charge in [-0.3, -0.25) is 4.79 Å². The van der Waals surface area contributed by atoms with Gasteiger partial charge in [0.25, 0.3) is 5.91 Å². The van der Waals surface area contributed by atoms with Crippen LogP contribution in [0.2, 0.25) is 0 Å². The van der Waals surface area contributed by atoms with E-state index in [-0.39, 0.29) is 11.9 Å². The maximum Gasteiger partial charge on any atom is 0.270 e. The molecule has 0 saturated heterocycles. The van der Waals surface area contributed by atoms with E-state index in [0.29, 0.717) is 41.8 Å². The summed E-state index contributed by atoms with van der Waals surface area (Å²) >= 11 is 0. The van der Waals surface area contributed by atoms with E-state index in [1.54, 1.807) is 18.0 Å². The lowest BCUT2D eigenvalue weighted by molar-refractivity contribution is 0.0945. The van der Waals surface area contributed by atoms with E-state index in [9.17, 15) is 4.79 Å². The van der Waals surface area contributed by atoms with E-state index in [2.05, 4.69) is 25.7 Å². The summed E-state index contributed by atoms with van der Waals surface area (Å²) in [4.78, 5) is 18.7. The summed E-state index contributed by atoms with van der Waals surface area (Å²) < 4.78 is 5.22. The van der Waals surface area contributed by atoms with Crippen molar-refractivity contribution >= 4 is 5.91 Å². The Morgan fingerprint density at radius 2 is 2.16 bits per heavy atom. The Morgan fingerprint density at radius 1 is 1.29 bits per heavy atom. The first-order valence-electron chi connectivity index (χ1n) is 10.4. The summed E-state index contributed by atoms with van der Waals surface area (Å²) in [5.41, 5.74) is 8.68. The maximum absolute atomic E-state index is 12.7. The lowest BCUT2D eigenvalue weighted by atomic mass is 10.1. The Kier molecular flexibility index (Phi) is 6.22. The number of carbonyl (C=O) groups excluding carboxylic acids is 1. The van der Waals surface area contributed by atoms with Crippen LogP contribution in [0.3, 0.4) is 0 Å². The van der Waals surface area contributed by atoms with Gasteiger partial charge >= 0.3 is 0 Å². The van der Waals surface area contributed by atoms with Crippen LogP contribution in [-0.2, 0) is 13.1 Å². The highest BCUT2D eigenvalue weighted by Crippen LogP contribution is 2.25. The maximum atomic E-state index is 12.7. The first kappa shape index (κ1) is 20.9. The van der Waals surface area contributed by atoms with Crippen LogP contribution in [0.4, 0.5) is 0 Å². The predicted octanol–water partition coefficient (Wildman–Crippen LogP) is 2.11. The lowest BCUT2D eigenvalue weighted by Gasteiger charge is -2.08. The number of ether oxygens (including phenoxy) is 1. The molecule has 2 aromatic heterocycles. The van der Waals surface area contributed by atoms with Gasteiger partial charge in [0.05, 0.1) is 13.7 Å². The topological polar surface area (TPSA) is 121 Å². The van der Waals surface area contributed by atoms with Crippen LogP contribution < -0.4 is 15.8 Å². The quantitative estimate of drug-likeness (QED) is 0.599. The van der Waals surface area contributed by atoms with E-state index in [4.69, 9.17) is 10.5 Å². The van der Waals surface area contributed by atoms with Crippen molar-refractivity contribution in [1.82, 2.24) is 30.5 Å². The highest BCUT2D eigenvalue weighted by atomic mass is 16.5. The predicted molar refractivity (Wildman–Crippen MR) is 115 cm³/mol. The number of aromatic nitrogens is 5. The van der Waals surface area contributed by atoms with E-state index in [1.165, 1.54) is 0 Å². The molecule has 1 fully saturated rings. The van der Waals surface area contributed by atoms with Crippen LogP contribution >= 0.6 is 0 Å². The summed E-state index contributed by atoms with van der Waals surface area (Å²) in [5, 5.41) is 15.8. The number of hydrogen-bond donors (Lipinski definition) is 2. The molecule has 1 amide bonds. The Hall–Kier alpha value is -3.33. The number of hydrogen-bond acceptors (Lipinski definition) is 7. The molecular formula is C22H27N7O2. The fraction of sp³-hybridized carbons (Fsp3) is 0.409. The monoisotopic (exact) mass is 421 g/mol. The number of pyridine rings is 1. The third kappa shape index (κ3) is 5.24. The molecule has 9 nitrogen and oxygen atoms in total. The van der Waals surface area contributed by atoms with Gasteiger partial charge in [0.2, 0.25) is 5.82 Å². The van der Waals surface area contributed by atoms with E-state index >= 15 is 0 Å². The summed E-state index contributed by atoms with van der Waals surface area (Å²) in [6.07, 6.45) is 3.12. The zero-order chi connectivity index (χ0) is 21.8. The average molecular weight is 422 g/mol. The number of benzene rings is 1. The van der Waals surface area contributed by atoms with Crippen LogP contribution in [0.15, 0.2) is 36.4 Å². The smallest absolute Gasteiger partial charge is 0.270 e. The largest absolute Gasteiger partial charge is 0.497 e. The molecule has 0 spiro atoms. The van der Waals surface area contributed by atoms with Crippen molar-refractivity contribution in [2.24, 2.45) is 11.7 Å². The first-order valence-corrected chi connectivity index (χ1v) is 10.4. The second-order valence-electron chi connectivity index (χ2n) is 8.02. The molecule has 1 saturated carbocycles. The normalized spacial score (nSPS) is 18.2. The number of tetrazole rings is 1. The molecule has 0 aliphatic heterocycles. The van der Waals surface area contributed by atoms with Gasteiger partial charge in [-0.05, 0) is 67.1 Å². The molecule has 4 rings (SSSR count). The number of rotatable bonds is 7. The van der Waals surface area contributed by atoms with Gasteiger partial charge in [0.15, 0.2) is 0 Å². The van der Waals surface area contributed by atoms with Gasteiger partial charge in [-0.1, -0.05) is 12.1 Å². The molecule has 2 heterocycles. The Labute approximate surface area is 181 Å². The molecule has 3 N–H and O–H groups in total. The number of carbonyl (C=O) groups is 1. The minimum Gasteiger partial charge on any atom is -0.497 e. The standard InChI is InChI=1S/C22H27N7O2/c1-14-8-17(21-26-28-29(27-21)13-16-6-7-18(23)9-16)11-20(25-14)22(30)24-12-15-4-3-5-19(10-15)31-2/h3-5,8,10-11,16,18H,6-7,9,12-13,23H2,1-2H3,(H,24,30)/t16-,18+/m0/s1. The van der Waals surface area contributed by atoms with Crippen LogP contribution in [0.25, 0.3) is 11.4 Å². The van der Waals surface area contributed by atoms with Gasteiger partial charge in [-0.15, -0.1) is 10.2 Å². The highest BCUT2D eigenvalue weighted by molar-refractivity contribution is 5.93. The summed E-state index contributed by atoms with van der Waals surface area (Å²) in [6, 6.07) is 11.4. The van der Waals surface area contributed by atoms with Crippen molar-refractivity contribution < 1.29 is 9.53 Å². The highest BCUT2D eigenvalue weighted by Gasteiger charge is 2.23. The fourth-order valence-electron chi connectivity index (χ4n) is 3.92. The SMILES string of the molecule is COc1cccc(CNC(=O)c2cc(-c3nnn(C[C@H]4CC[C@@H](N)C4)n3)cc(C)n2)c1. The van der Waals surface area contributed by atoms with E-state index < -0.39 is 0 Å². The van der Waals surface area contributed by atoms with Crippen LogP contribution in [-0.4, -0.2) is 44.3 Å². The summed E-state index contributed by atoms with van der Waals surface area (Å²) in [5.74, 6) is 1.44. The minimum atomic E-state index is -0.264. The summed E-state index contributed by atoms with van der Waals surface area (Å²) in [7, 11) is 1.61. The second-order valence-corrected chi connectivity index (χ2v) is 8.02. The Bertz CT molecular complexity index is 1070. The van der Waals surface area contributed by atoms with E-state index in [0.717, 1.165) is 30.6 Å². The number of nitrogens with one attached hydrogen (secondary N) is 1. The van der Waals surface area contributed by atoms with Crippen molar-refractivity contribution in [3.63, 3.8) is 0 Å². The molecule has 1 aliphatic rings. The van der Waals surface area contributed by atoms with Crippen molar-refractivity contribution in [3.05, 3.63) is 53.3 Å². The number of nitrogens with two attached hydrogens (primary N) is 1. The lowest BCUT2D eigenvalue weighted by Crippen LogP contribution is -2.24. The number of methoxy groups -OCH3 is 1. The number of amides is 1. The molecule has 1 aliphatic carbocycles. The zero-order valence-electron chi connectivity index (χ0n) is 17.8. The van der Waals surface area contributed by atoms with Gasteiger partial charge in [0, 0.05) is 23.8 Å². The van der Waals surface area contributed by atoms with Crippen molar-refractivity contribution in [2.75, 3.05) is 7.11 Å². The minimum absolute atomic E-state index is 0.264. The molecule has 162 valence electrons. The van der Waals surface area contributed by atoms with Crippen molar-refractivity contribution in [2.45, 2.75) is 45.3 Å². The molecule has 9 heteroatoms. The molecule has 31 heavy (non-hydrogen) atoms. The molecule has 1 aromatic carbocycles. The average Bonchev–Trinajstić information content (AvgIpc) is 3.41. The third-order valence-electron chi connectivity index (χ3n) is 5.49. The fourth-order valence-corrected chi connectivity index (χ4v) is 3.92. The number of nitrogens with zero attached hydrogens (tertiary/aromatic N) is 5. The Balaban J connectivity index is 1.44. The Morgan fingerprint density at radius 3 is 2.94 bits per heavy atom. The van der Waals surface area contributed by atoms with Crippen molar-refractivity contribution in [3.8, 4) is 17.1 Å². The van der Waals surface area contributed by atoms with Gasteiger partial charge < -0.3 is 15.8 Å². The van der Waals surface area contributed by atoms with E-state index in [1.807, 2.05) is 37.3 Å². The molecule has 2 atom stereocenters. The molecular weight excluding hydrogens is 394 g/mol. The number of aryl methyl sites for hydroxylation is 1. The zero-order valence-corrected chi connectivity index (χ0v) is 17.8. The first-order chi connectivity index (χ1) is 15.0. The third-order valence-corrected chi connectivity index (χ3v) is 5.49. The van der Waals surface area contributed by atoms with Gasteiger partial charge in [-0.2, -0.15) is 4.80 Å². The molecule has 0 bridgehead atoms. The van der Waals surface area contributed by atoms with Gasteiger partial charge in [0.1, 0.15) is 11.4 Å². The molecule has 0 unspecified atom stereocenters. The van der Waals surface area contributed by atoms with Crippen LogP contribution in [0.1, 0.15) is 41.0 Å². The van der Waals surface area contributed by atoms with Crippen LogP contribution in [0, 0.1) is 12.8 Å². The van der Waals surface area contributed by atoms with Crippen LogP contribution in [0.5, 0.6) is 5.75 Å².